The Morgan fingerprint density at radius 3 is 2.56 bits per heavy atom. The van der Waals surface area contributed by atoms with Crippen LogP contribution >= 0.6 is 15.9 Å². The molecule has 0 radical (unpaired) electrons. The van der Waals surface area contributed by atoms with Crippen LogP contribution in [0.4, 0.5) is 4.39 Å². The number of hydrogen-bond donors (Lipinski definition) is 1. The fraction of sp³-hybridized carbons (Fsp3) is 0.0714. The Kier molecular flexibility index (Phi) is 6.43. The molecule has 2 aromatic carbocycles. The van der Waals surface area contributed by atoms with Crippen LogP contribution in [0.25, 0.3) is 22.2 Å². The van der Waals surface area contributed by atoms with Crippen molar-refractivity contribution in [3.05, 3.63) is 117 Å². The number of ether oxygens (including phenoxy) is 1. The van der Waals surface area contributed by atoms with Gasteiger partial charge in [-0.15, -0.1) is 0 Å². The molecule has 0 saturated heterocycles. The molecule has 0 bridgehead atoms. The predicted molar refractivity (Wildman–Crippen MR) is 139 cm³/mol. The van der Waals surface area contributed by atoms with Crippen LogP contribution in [0.3, 0.4) is 0 Å². The van der Waals surface area contributed by atoms with Crippen molar-refractivity contribution in [2.45, 2.75) is 13.3 Å². The van der Waals surface area contributed by atoms with Gasteiger partial charge in [0.2, 0.25) is 0 Å². The summed E-state index contributed by atoms with van der Waals surface area (Å²) in [6.07, 6.45) is 4.81. The summed E-state index contributed by atoms with van der Waals surface area (Å²) in [7, 11) is 0. The van der Waals surface area contributed by atoms with Crippen molar-refractivity contribution in [2.24, 2.45) is 0 Å². The first-order chi connectivity index (χ1) is 17.4. The van der Waals surface area contributed by atoms with Crippen LogP contribution in [0.5, 0.6) is 11.5 Å². The van der Waals surface area contributed by atoms with E-state index in [-0.39, 0.29) is 23.2 Å². The molecule has 0 aliphatic heterocycles. The highest BCUT2D eigenvalue weighted by Gasteiger charge is 2.17. The van der Waals surface area contributed by atoms with Crippen molar-refractivity contribution in [1.82, 2.24) is 15.0 Å². The van der Waals surface area contributed by atoms with Crippen LogP contribution in [0.15, 0.2) is 88.5 Å². The number of aryl methyl sites for hydroxylation is 1. The van der Waals surface area contributed by atoms with Crippen molar-refractivity contribution in [3.8, 4) is 22.6 Å². The lowest BCUT2D eigenvalue weighted by atomic mass is 9.98. The molecular formula is C28H19BrFN3O3. The van der Waals surface area contributed by atoms with E-state index in [2.05, 4.69) is 30.9 Å². The third-order valence-electron chi connectivity index (χ3n) is 5.74. The van der Waals surface area contributed by atoms with Gasteiger partial charge in [-0.05, 0) is 64.3 Å². The number of fused-ring (bicyclic) bond motifs is 1. The molecule has 0 fully saturated rings. The number of carbonyl (C=O) groups excluding carboxylic acids is 1. The van der Waals surface area contributed by atoms with Gasteiger partial charge in [-0.1, -0.05) is 24.3 Å². The van der Waals surface area contributed by atoms with E-state index in [4.69, 9.17) is 4.74 Å². The number of rotatable bonds is 6. The fourth-order valence-corrected chi connectivity index (χ4v) is 4.26. The zero-order valence-corrected chi connectivity index (χ0v) is 20.7. The normalized spacial score (nSPS) is 11.0. The van der Waals surface area contributed by atoms with E-state index in [0.717, 1.165) is 10.0 Å². The van der Waals surface area contributed by atoms with Gasteiger partial charge in [0.15, 0.2) is 17.0 Å². The van der Waals surface area contributed by atoms with E-state index in [1.807, 2.05) is 6.07 Å². The minimum absolute atomic E-state index is 0.0447. The number of benzene rings is 2. The number of hydrogen-bond acceptors (Lipinski definition) is 5. The van der Waals surface area contributed by atoms with Gasteiger partial charge in [-0.3, -0.25) is 14.6 Å². The minimum Gasteiger partial charge on any atom is -0.455 e. The number of ketones is 1. The smallest absolute Gasteiger partial charge is 0.200 e. The van der Waals surface area contributed by atoms with Crippen LogP contribution in [0, 0.1) is 12.7 Å². The lowest BCUT2D eigenvalue weighted by Crippen LogP contribution is -2.20. The third-order valence-corrected chi connectivity index (χ3v) is 6.17. The van der Waals surface area contributed by atoms with Crippen LogP contribution in [0.2, 0.25) is 0 Å². The molecule has 3 aromatic heterocycles. The zero-order valence-electron chi connectivity index (χ0n) is 19.1. The SMILES string of the molecule is Cc1[nH]cc(C(=O)Cc2ccc(Oc3ccnc4cc(Br)cnc34)cc2)c(=O)c1-c1ccc(F)cc1. The Morgan fingerprint density at radius 1 is 1.06 bits per heavy atom. The average Bonchev–Trinajstić information content (AvgIpc) is 2.86. The van der Waals surface area contributed by atoms with Crippen molar-refractivity contribution in [1.29, 1.82) is 0 Å². The lowest BCUT2D eigenvalue weighted by molar-refractivity contribution is 0.0991. The molecule has 0 amide bonds. The molecule has 8 heteroatoms. The minimum atomic E-state index is -0.394. The number of aromatic nitrogens is 3. The number of nitrogens with one attached hydrogen (secondary N) is 1. The molecule has 0 aliphatic carbocycles. The molecule has 3 heterocycles. The number of carbonyl (C=O) groups is 1. The van der Waals surface area contributed by atoms with E-state index in [0.29, 0.717) is 39.4 Å². The van der Waals surface area contributed by atoms with Crippen LogP contribution in [-0.4, -0.2) is 20.7 Å². The number of pyridine rings is 3. The molecule has 5 rings (SSSR count). The van der Waals surface area contributed by atoms with Crippen molar-refractivity contribution in [2.75, 3.05) is 0 Å². The third kappa shape index (κ3) is 4.81. The standard InChI is InChI=1S/C28H19BrFN3O3/c1-16-26(18-4-6-20(30)7-5-18)28(35)22(15-32-16)24(34)12-17-2-8-21(9-3-17)36-25-10-11-31-23-13-19(29)14-33-27(23)25/h2-11,13-15H,12H2,1H3,(H,32,35). The Morgan fingerprint density at radius 2 is 1.81 bits per heavy atom. The second-order valence-corrected chi connectivity index (χ2v) is 9.13. The zero-order chi connectivity index (χ0) is 25.2. The monoisotopic (exact) mass is 543 g/mol. The Balaban J connectivity index is 1.35. The van der Waals surface area contributed by atoms with Gasteiger partial charge < -0.3 is 9.72 Å². The highest BCUT2D eigenvalue weighted by Crippen LogP contribution is 2.29. The van der Waals surface area contributed by atoms with E-state index >= 15 is 0 Å². The molecule has 0 atom stereocenters. The number of halogens is 2. The Bertz CT molecular complexity index is 1650. The number of H-pyrrole nitrogens is 1. The first-order valence-corrected chi connectivity index (χ1v) is 11.9. The second-order valence-electron chi connectivity index (χ2n) is 8.21. The van der Waals surface area contributed by atoms with E-state index in [9.17, 15) is 14.0 Å². The molecule has 5 aromatic rings. The fourth-order valence-electron chi connectivity index (χ4n) is 3.94. The van der Waals surface area contributed by atoms with Crippen LogP contribution in [0.1, 0.15) is 21.6 Å². The summed E-state index contributed by atoms with van der Waals surface area (Å²) in [5.74, 6) is 0.433. The molecule has 178 valence electrons. The average molecular weight is 544 g/mol. The predicted octanol–water partition coefficient (Wildman–Crippen LogP) is 6.41. The molecule has 0 aliphatic rings. The summed E-state index contributed by atoms with van der Waals surface area (Å²) >= 11 is 3.39. The van der Waals surface area contributed by atoms with Gasteiger partial charge >= 0.3 is 0 Å². The van der Waals surface area contributed by atoms with Crippen LogP contribution < -0.4 is 10.2 Å². The van der Waals surface area contributed by atoms with Gasteiger partial charge in [-0.25, -0.2) is 9.37 Å². The molecule has 6 nitrogen and oxygen atoms in total. The molecule has 0 spiro atoms. The summed E-state index contributed by atoms with van der Waals surface area (Å²) in [4.78, 5) is 37.8. The van der Waals surface area contributed by atoms with Gasteiger partial charge in [-0.2, -0.15) is 0 Å². The number of aromatic amines is 1. The summed E-state index contributed by atoms with van der Waals surface area (Å²) < 4.78 is 20.2. The topological polar surface area (TPSA) is 84.9 Å². The lowest BCUT2D eigenvalue weighted by Gasteiger charge is -2.10. The van der Waals surface area contributed by atoms with Crippen molar-refractivity contribution >= 4 is 32.7 Å². The quantitative estimate of drug-likeness (QED) is 0.250. The summed E-state index contributed by atoms with van der Waals surface area (Å²) in [5.41, 5.74) is 3.26. The highest BCUT2D eigenvalue weighted by atomic mass is 79.9. The molecular weight excluding hydrogens is 525 g/mol. The summed E-state index contributed by atoms with van der Waals surface area (Å²) in [6, 6.07) is 16.3. The maximum atomic E-state index is 13.3. The van der Waals surface area contributed by atoms with Gasteiger partial charge in [0, 0.05) is 46.8 Å². The van der Waals surface area contributed by atoms with E-state index in [1.165, 1.54) is 30.5 Å². The highest BCUT2D eigenvalue weighted by molar-refractivity contribution is 9.10. The van der Waals surface area contributed by atoms with Gasteiger partial charge in [0.1, 0.15) is 17.1 Å². The summed E-state index contributed by atoms with van der Waals surface area (Å²) in [5, 5.41) is 0. The first kappa shape index (κ1) is 23.6. The number of nitrogens with zero attached hydrogens (tertiary/aromatic N) is 2. The van der Waals surface area contributed by atoms with E-state index in [1.54, 1.807) is 49.6 Å². The maximum Gasteiger partial charge on any atom is 0.200 e. The van der Waals surface area contributed by atoms with Crippen molar-refractivity contribution < 1.29 is 13.9 Å². The molecule has 0 unspecified atom stereocenters. The van der Waals surface area contributed by atoms with Gasteiger partial charge in [0.05, 0.1) is 11.1 Å². The molecule has 36 heavy (non-hydrogen) atoms. The molecule has 0 saturated carbocycles. The van der Waals surface area contributed by atoms with Crippen LogP contribution in [-0.2, 0) is 6.42 Å². The maximum absolute atomic E-state index is 13.3. The Labute approximate surface area is 214 Å². The number of Topliss-reactive ketones (excluding diaryl/α,β-unsaturated/α-hetero) is 1. The largest absolute Gasteiger partial charge is 0.455 e. The van der Waals surface area contributed by atoms with Crippen molar-refractivity contribution in [3.63, 3.8) is 0 Å². The Hall–Kier alpha value is -4.17. The molecule has 1 N–H and O–H groups in total. The first-order valence-electron chi connectivity index (χ1n) is 11.1. The van der Waals surface area contributed by atoms with Gasteiger partial charge in [0.25, 0.3) is 0 Å². The summed E-state index contributed by atoms with van der Waals surface area (Å²) in [6.45, 7) is 1.74. The van der Waals surface area contributed by atoms with E-state index < -0.39 is 5.82 Å². The second kappa shape index (κ2) is 9.83.